The zero-order valence-corrected chi connectivity index (χ0v) is 15.1. The number of rotatable bonds is 5. The summed E-state index contributed by atoms with van der Waals surface area (Å²) in [6.45, 7) is 2.60. The molecule has 3 aliphatic rings. The van der Waals surface area contributed by atoms with E-state index >= 15 is 0 Å². The highest BCUT2D eigenvalue weighted by Crippen LogP contribution is 2.56. The van der Waals surface area contributed by atoms with E-state index < -0.39 is 24.5 Å². The van der Waals surface area contributed by atoms with Gasteiger partial charge in [0.2, 0.25) is 11.8 Å². The topological polar surface area (TPSA) is 119 Å². The van der Waals surface area contributed by atoms with Crippen molar-refractivity contribution in [2.75, 3.05) is 11.9 Å². The predicted molar refractivity (Wildman–Crippen MR) is 90.0 cm³/mol. The Morgan fingerprint density at radius 1 is 1.30 bits per heavy atom. The van der Waals surface area contributed by atoms with Crippen LogP contribution in [0.4, 0.5) is 5.82 Å². The molecule has 9 nitrogen and oxygen atoms in total. The maximum Gasteiger partial charge on any atom is 0.329 e. The molecule has 27 heavy (non-hydrogen) atoms. The summed E-state index contributed by atoms with van der Waals surface area (Å²) in [4.78, 5) is 50.6. The van der Waals surface area contributed by atoms with Gasteiger partial charge in [-0.1, -0.05) is 5.16 Å². The summed E-state index contributed by atoms with van der Waals surface area (Å²) in [7, 11) is 0. The Labute approximate surface area is 155 Å². The summed E-state index contributed by atoms with van der Waals surface area (Å²) in [5, 5.41) is 6.04. The van der Waals surface area contributed by atoms with E-state index in [-0.39, 0.29) is 41.3 Å². The number of fused-ring (bicyclic) bond motifs is 5. The van der Waals surface area contributed by atoms with E-state index in [0.717, 1.165) is 24.2 Å². The lowest BCUT2D eigenvalue weighted by atomic mass is 9.81. The first-order valence-electron chi connectivity index (χ1n) is 9.13. The van der Waals surface area contributed by atoms with Crippen LogP contribution >= 0.6 is 0 Å². The number of nitrogens with one attached hydrogen (secondary N) is 1. The fourth-order valence-corrected chi connectivity index (χ4v) is 4.78. The minimum Gasteiger partial charge on any atom is -0.454 e. The van der Waals surface area contributed by atoms with Gasteiger partial charge in [0, 0.05) is 6.07 Å². The number of ether oxygens (including phenoxy) is 1. The summed E-state index contributed by atoms with van der Waals surface area (Å²) in [5.74, 6) is -1.24. The molecular weight excluding hydrogens is 354 g/mol. The van der Waals surface area contributed by atoms with Gasteiger partial charge in [-0.15, -0.1) is 0 Å². The number of likely N-dealkylation sites (tertiary alicyclic amines) is 1. The number of nitrogens with zero attached hydrogens (tertiary/aromatic N) is 2. The highest BCUT2D eigenvalue weighted by atomic mass is 16.5. The number of carbonyl (C=O) groups excluding carboxylic acids is 4. The molecule has 1 aromatic rings. The second-order valence-corrected chi connectivity index (χ2v) is 7.59. The molecule has 9 heteroatoms. The zero-order valence-electron chi connectivity index (χ0n) is 15.1. The molecule has 2 aliphatic carbocycles. The van der Waals surface area contributed by atoms with Crippen molar-refractivity contribution in [3.63, 3.8) is 0 Å². The average Bonchev–Trinajstić information content (AvgIpc) is 3.38. The number of amides is 3. The predicted octanol–water partition coefficient (Wildman–Crippen LogP) is 0.884. The fraction of sp³-hybridized carbons (Fsp3) is 0.611. The average molecular weight is 375 g/mol. The quantitative estimate of drug-likeness (QED) is 0.599. The van der Waals surface area contributed by atoms with Crippen LogP contribution in [-0.2, 0) is 23.9 Å². The van der Waals surface area contributed by atoms with Crippen LogP contribution in [0.3, 0.4) is 0 Å². The molecule has 0 aromatic carbocycles. The van der Waals surface area contributed by atoms with Crippen molar-refractivity contribution in [3.05, 3.63) is 11.8 Å². The van der Waals surface area contributed by atoms with Gasteiger partial charge in [0.05, 0.1) is 11.8 Å². The van der Waals surface area contributed by atoms with Gasteiger partial charge < -0.3 is 14.6 Å². The minimum atomic E-state index is -1.04. The highest BCUT2D eigenvalue weighted by Gasteiger charge is 2.62. The van der Waals surface area contributed by atoms with Gasteiger partial charge in [-0.05, 0) is 44.9 Å². The minimum absolute atomic E-state index is 0.217. The number of hydrogen-bond donors (Lipinski definition) is 1. The van der Waals surface area contributed by atoms with Gasteiger partial charge in [0.1, 0.15) is 11.8 Å². The highest BCUT2D eigenvalue weighted by molar-refractivity contribution is 6.08. The van der Waals surface area contributed by atoms with Crippen LogP contribution < -0.4 is 5.32 Å². The number of carbonyl (C=O) groups is 4. The molecule has 3 amide bonds. The van der Waals surface area contributed by atoms with Crippen LogP contribution in [0.15, 0.2) is 10.6 Å². The van der Waals surface area contributed by atoms with Crippen LogP contribution in [0.2, 0.25) is 0 Å². The summed E-state index contributed by atoms with van der Waals surface area (Å²) in [5.41, 5.74) is 0. The molecule has 1 aliphatic heterocycles. The molecule has 4 rings (SSSR count). The number of aryl methyl sites for hydroxylation is 1. The molecule has 144 valence electrons. The van der Waals surface area contributed by atoms with Crippen LogP contribution in [0.25, 0.3) is 0 Å². The summed E-state index contributed by atoms with van der Waals surface area (Å²) >= 11 is 0. The third-order valence-electron chi connectivity index (χ3n) is 5.93. The molecule has 2 saturated carbocycles. The summed E-state index contributed by atoms with van der Waals surface area (Å²) in [6, 6.07) is 0.480. The molecular formula is C18H21N3O6. The Balaban J connectivity index is 1.34. The molecule has 1 aromatic heterocycles. The van der Waals surface area contributed by atoms with Crippen LogP contribution in [0, 0.1) is 30.6 Å². The molecule has 0 radical (unpaired) electrons. The molecule has 1 N–H and O–H groups in total. The van der Waals surface area contributed by atoms with Gasteiger partial charge >= 0.3 is 5.97 Å². The van der Waals surface area contributed by atoms with E-state index in [0.29, 0.717) is 5.76 Å². The number of hydrogen-bond acceptors (Lipinski definition) is 7. The van der Waals surface area contributed by atoms with Crippen molar-refractivity contribution in [1.82, 2.24) is 10.1 Å². The van der Waals surface area contributed by atoms with E-state index in [2.05, 4.69) is 10.5 Å². The summed E-state index contributed by atoms with van der Waals surface area (Å²) < 4.78 is 9.81. The molecule has 5 atom stereocenters. The molecule has 0 spiro atoms. The fourth-order valence-electron chi connectivity index (χ4n) is 4.78. The smallest absolute Gasteiger partial charge is 0.329 e. The number of anilines is 1. The van der Waals surface area contributed by atoms with E-state index in [1.54, 1.807) is 6.92 Å². The van der Waals surface area contributed by atoms with Crippen molar-refractivity contribution < 1.29 is 28.4 Å². The molecule has 1 saturated heterocycles. The Morgan fingerprint density at radius 3 is 2.48 bits per heavy atom. The molecule has 3 fully saturated rings. The van der Waals surface area contributed by atoms with Crippen molar-refractivity contribution in [2.45, 2.75) is 39.2 Å². The zero-order chi connectivity index (χ0) is 19.3. The molecule has 2 heterocycles. The Morgan fingerprint density at radius 2 is 1.93 bits per heavy atom. The van der Waals surface area contributed by atoms with Crippen molar-refractivity contribution in [2.24, 2.45) is 23.7 Å². The van der Waals surface area contributed by atoms with Gasteiger partial charge in [-0.25, -0.2) is 4.79 Å². The maximum atomic E-state index is 12.7. The largest absolute Gasteiger partial charge is 0.454 e. The third kappa shape index (κ3) is 2.90. The number of esters is 1. The number of aromatic nitrogens is 1. The standard InChI is InChI=1S/C18H21N3O6/c1-8-5-12(20-27-8)19-13(22)7-26-18(25)9(2)21-16(23)14-10-3-4-11(6-10)15(14)17(21)24/h5,9-11,14-15H,3-4,6-7H2,1-2H3,(H,19,20,22)/t9-,10-,11+,14-,15-/m0/s1. The van der Waals surface area contributed by atoms with Crippen LogP contribution in [-0.4, -0.2) is 46.4 Å². The first kappa shape index (κ1) is 17.7. The maximum absolute atomic E-state index is 12.7. The van der Waals surface area contributed by atoms with Gasteiger partial charge in [0.15, 0.2) is 12.4 Å². The molecule has 0 unspecified atom stereocenters. The normalized spacial score (nSPS) is 29.8. The van der Waals surface area contributed by atoms with Crippen molar-refractivity contribution >= 4 is 29.5 Å². The van der Waals surface area contributed by atoms with Crippen molar-refractivity contribution in [3.8, 4) is 0 Å². The molecule has 2 bridgehead atoms. The Bertz CT molecular complexity index is 790. The first-order valence-corrected chi connectivity index (χ1v) is 9.13. The van der Waals surface area contributed by atoms with E-state index in [1.807, 2.05) is 0 Å². The Kier molecular flexibility index (Phi) is 4.24. The van der Waals surface area contributed by atoms with E-state index in [1.165, 1.54) is 13.0 Å². The second kappa shape index (κ2) is 6.47. The Hall–Kier alpha value is -2.71. The lowest BCUT2D eigenvalue weighted by Crippen LogP contribution is -2.45. The summed E-state index contributed by atoms with van der Waals surface area (Å²) in [6.07, 6.45) is 2.87. The van der Waals surface area contributed by atoms with Gasteiger partial charge in [0.25, 0.3) is 5.91 Å². The lowest BCUT2D eigenvalue weighted by molar-refractivity contribution is -0.159. The van der Waals surface area contributed by atoms with E-state index in [9.17, 15) is 19.2 Å². The first-order chi connectivity index (χ1) is 12.9. The SMILES string of the molecule is Cc1cc(NC(=O)COC(=O)[C@H](C)N2C(=O)[C@H]3[C@@H]4CC[C@@H](C4)[C@@H]3C2=O)no1. The second-order valence-electron chi connectivity index (χ2n) is 7.59. The third-order valence-corrected chi connectivity index (χ3v) is 5.93. The van der Waals surface area contributed by atoms with E-state index in [4.69, 9.17) is 9.26 Å². The van der Waals surface area contributed by atoms with Crippen molar-refractivity contribution in [1.29, 1.82) is 0 Å². The number of imide groups is 1. The van der Waals surface area contributed by atoms with Gasteiger partial charge in [-0.3, -0.25) is 19.3 Å². The van der Waals surface area contributed by atoms with Gasteiger partial charge in [-0.2, -0.15) is 0 Å². The van der Waals surface area contributed by atoms with Crippen LogP contribution in [0.1, 0.15) is 31.9 Å². The van der Waals surface area contributed by atoms with Crippen LogP contribution in [0.5, 0.6) is 0 Å². The lowest BCUT2D eigenvalue weighted by Gasteiger charge is -2.22. The monoisotopic (exact) mass is 375 g/mol.